The topological polar surface area (TPSA) is 24.9 Å². The third kappa shape index (κ3) is 5.61. The molecule has 0 atom stereocenters. The lowest BCUT2D eigenvalue weighted by atomic mass is 9.85. The molecule has 0 spiro atoms. The average molecular weight is 240 g/mol. The Bertz CT molecular complexity index is 278. The maximum atomic E-state index is 4.13. The first-order chi connectivity index (χ1) is 7.49. The first-order valence-corrected chi connectivity index (χ1v) is 6.96. The van der Waals surface area contributed by atoms with Gasteiger partial charge < -0.3 is 5.32 Å². The summed E-state index contributed by atoms with van der Waals surface area (Å²) < 4.78 is 0. The van der Waals surface area contributed by atoms with Crippen LogP contribution in [0.3, 0.4) is 0 Å². The number of nitrogens with one attached hydrogen (secondary N) is 1. The van der Waals surface area contributed by atoms with E-state index in [1.165, 1.54) is 11.3 Å². The number of hydrogen-bond donors (Lipinski definition) is 1. The summed E-state index contributed by atoms with van der Waals surface area (Å²) in [7, 11) is 0. The second kappa shape index (κ2) is 6.36. The Morgan fingerprint density at radius 1 is 1.44 bits per heavy atom. The van der Waals surface area contributed by atoms with Gasteiger partial charge in [-0.1, -0.05) is 27.7 Å². The third-order valence-corrected chi connectivity index (χ3v) is 3.45. The van der Waals surface area contributed by atoms with Crippen LogP contribution in [0.25, 0.3) is 0 Å². The molecule has 3 heteroatoms. The van der Waals surface area contributed by atoms with Crippen LogP contribution in [0.5, 0.6) is 0 Å². The molecular weight excluding hydrogens is 216 g/mol. The molecule has 0 aliphatic carbocycles. The molecule has 92 valence electrons. The van der Waals surface area contributed by atoms with Crippen LogP contribution in [0.15, 0.2) is 11.7 Å². The van der Waals surface area contributed by atoms with Crippen molar-refractivity contribution in [3.8, 4) is 0 Å². The molecule has 0 fully saturated rings. The smallest absolute Gasteiger partial charge is 0.0794 e. The molecule has 0 amide bonds. The lowest BCUT2D eigenvalue weighted by Crippen LogP contribution is -2.26. The Balaban J connectivity index is 2.23. The Morgan fingerprint density at radius 2 is 2.19 bits per heavy atom. The van der Waals surface area contributed by atoms with E-state index < -0.39 is 0 Å². The summed E-state index contributed by atoms with van der Waals surface area (Å²) in [6.07, 6.45) is 4.35. The van der Waals surface area contributed by atoms with Gasteiger partial charge in [-0.15, -0.1) is 11.3 Å². The molecule has 1 aromatic heterocycles. The van der Waals surface area contributed by atoms with Crippen LogP contribution < -0.4 is 5.32 Å². The highest BCUT2D eigenvalue weighted by Crippen LogP contribution is 2.26. The first-order valence-electron chi connectivity index (χ1n) is 6.08. The fourth-order valence-corrected chi connectivity index (χ4v) is 2.56. The molecule has 1 rings (SSSR count). The van der Waals surface area contributed by atoms with Gasteiger partial charge in [0, 0.05) is 11.1 Å². The summed E-state index contributed by atoms with van der Waals surface area (Å²) in [6, 6.07) is 0. The quantitative estimate of drug-likeness (QED) is 0.739. The molecule has 0 aliphatic rings. The standard InChI is InChI=1S/C13H24N2S/c1-11(2)8-14-6-5-13(3,4)7-12-9-15-10-16-12/h9-11,14H,5-8H2,1-4H3. The van der Waals surface area contributed by atoms with Crippen molar-refractivity contribution in [2.24, 2.45) is 11.3 Å². The molecule has 16 heavy (non-hydrogen) atoms. The van der Waals surface area contributed by atoms with Crippen LogP contribution >= 0.6 is 11.3 Å². The summed E-state index contributed by atoms with van der Waals surface area (Å²) in [5.41, 5.74) is 2.29. The highest BCUT2D eigenvalue weighted by molar-refractivity contribution is 7.09. The van der Waals surface area contributed by atoms with Crippen LogP contribution in [0, 0.1) is 11.3 Å². The van der Waals surface area contributed by atoms with Crippen molar-refractivity contribution in [3.63, 3.8) is 0 Å². The van der Waals surface area contributed by atoms with Gasteiger partial charge in [-0.2, -0.15) is 0 Å². The molecule has 0 aliphatic heterocycles. The Labute approximate surface area is 103 Å². The van der Waals surface area contributed by atoms with Crippen LogP contribution in [0.4, 0.5) is 0 Å². The van der Waals surface area contributed by atoms with E-state index in [4.69, 9.17) is 0 Å². The van der Waals surface area contributed by atoms with Crippen LogP contribution in [-0.2, 0) is 6.42 Å². The van der Waals surface area contributed by atoms with Gasteiger partial charge in [-0.3, -0.25) is 4.98 Å². The van der Waals surface area contributed by atoms with E-state index in [1.807, 2.05) is 11.7 Å². The van der Waals surface area contributed by atoms with Crippen molar-refractivity contribution in [2.45, 2.75) is 40.5 Å². The number of nitrogens with zero attached hydrogens (tertiary/aromatic N) is 1. The number of aromatic nitrogens is 1. The molecule has 1 aromatic rings. The van der Waals surface area contributed by atoms with Gasteiger partial charge in [0.25, 0.3) is 0 Å². The van der Waals surface area contributed by atoms with E-state index in [9.17, 15) is 0 Å². The molecule has 1 heterocycles. The maximum Gasteiger partial charge on any atom is 0.0794 e. The summed E-state index contributed by atoms with van der Waals surface area (Å²) in [4.78, 5) is 5.53. The lowest BCUT2D eigenvalue weighted by Gasteiger charge is -2.24. The van der Waals surface area contributed by atoms with Gasteiger partial charge in [-0.25, -0.2) is 0 Å². The largest absolute Gasteiger partial charge is 0.316 e. The van der Waals surface area contributed by atoms with E-state index in [-0.39, 0.29) is 0 Å². The third-order valence-electron chi connectivity index (χ3n) is 2.67. The van der Waals surface area contributed by atoms with E-state index in [0.29, 0.717) is 5.41 Å². The SMILES string of the molecule is CC(C)CNCCC(C)(C)Cc1cncs1. The number of thiazole rings is 1. The molecule has 0 radical (unpaired) electrons. The van der Waals surface area contributed by atoms with Gasteiger partial charge in [-0.05, 0) is 37.3 Å². The second-order valence-electron chi connectivity index (χ2n) is 5.66. The molecule has 0 saturated carbocycles. The Kier molecular flexibility index (Phi) is 5.42. The van der Waals surface area contributed by atoms with Crippen molar-refractivity contribution in [3.05, 3.63) is 16.6 Å². The van der Waals surface area contributed by atoms with Gasteiger partial charge in [0.1, 0.15) is 0 Å². The fraction of sp³-hybridized carbons (Fsp3) is 0.769. The predicted molar refractivity (Wildman–Crippen MR) is 71.9 cm³/mol. The van der Waals surface area contributed by atoms with E-state index in [1.54, 1.807) is 11.3 Å². The lowest BCUT2D eigenvalue weighted by molar-refractivity contribution is 0.324. The zero-order valence-corrected chi connectivity index (χ0v) is 11.7. The summed E-state index contributed by atoms with van der Waals surface area (Å²) >= 11 is 1.76. The summed E-state index contributed by atoms with van der Waals surface area (Å²) in [6.45, 7) is 11.4. The van der Waals surface area contributed by atoms with Gasteiger partial charge in [0.2, 0.25) is 0 Å². The minimum atomic E-state index is 0.372. The monoisotopic (exact) mass is 240 g/mol. The molecule has 0 unspecified atom stereocenters. The predicted octanol–water partition coefficient (Wildman–Crippen LogP) is 3.35. The van der Waals surface area contributed by atoms with Crippen molar-refractivity contribution < 1.29 is 0 Å². The number of rotatable bonds is 7. The van der Waals surface area contributed by atoms with E-state index in [2.05, 4.69) is 38.0 Å². The van der Waals surface area contributed by atoms with E-state index >= 15 is 0 Å². The molecule has 0 aromatic carbocycles. The molecule has 1 N–H and O–H groups in total. The van der Waals surface area contributed by atoms with Crippen molar-refractivity contribution in [1.82, 2.24) is 10.3 Å². The number of hydrogen-bond acceptors (Lipinski definition) is 3. The van der Waals surface area contributed by atoms with Crippen molar-refractivity contribution in [1.29, 1.82) is 0 Å². The Hall–Kier alpha value is -0.410. The van der Waals surface area contributed by atoms with Crippen LogP contribution in [-0.4, -0.2) is 18.1 Å². The minimum Gasteiger partial charge on any atom is -0.316 e. The Morgan fingerprint density at radius 3 is 2.75 bits per heavy atom. The molecule has 0 saturated heterocycles. The second-order valence-corrected chi connectivity index (χ2v) is 6.63. The average Bonchev–Trinajstić information content (AvgIpc) is 2.64. The van der Waals surface area contributed by atoms with Crippen LogP contribution in [0.1, 0.15) is 39.0 Å². The van der Waals surface area contributed by atoms with Crippen molar-refractivity contribution >= 4 is 11.3 Å². The molecular formula is C13H24N2S. The normalized spacial score (nSPS) is 12.3. The highest BCUT2D eigenvalue weighted by Gasteiger charge is 2.18. The van der Waals surface area contributed by atoms with E-state index in [0.717, 1.165) is 25.4 Å². The van der Waals surface area contributed by atoms with Gasteiger partial charge >= 0.3 is 0 Å². The van der Waals surface area contributed by atoms with Gasteiger partial charge in [0.05, 0.1) is 5.51 Å². The van der Waals surface area contributed by atoms with Crippen molar-refractivity contribution in [2.75, 3.05) is 13.1 Å². The molecule has 0 bridgehead atoms. The zero-order valence-electron chi connectivity index (χ0n) is 10.9. The summed E-state index contributed by atoms with van der Waals surface area (Å²) in [5.74, 6) is 0.740. The molecule has 2 nitrogen and oxygen atoms in total. The first kappa shape index (κ1) is 13.7. The van der Waals surface area contributed by atoms with Crippen LogP contribution in [0.2, 0.25) is 0 Å². The maximum absolute atomic E-state index is 4.13. The fourth-order valence-electron chi connectivity index (χ4n) is 1.71. The minimum absolute atomic E-state index is 0.372. The zero-order chi connectivity index (χ0) is 12.0. The highest BCUT2D eigenvalue weighted by atomic mass is 32.1. The van der Waals surface area contributed by atoms with Gasteiger partial charge in [0.15, 0.2) is 0 Å². The summed E-state index contributed by atoms with van der Waals surface area (Å²) in [5, 5.41) is 3.51.